The van der Waals surface area contributed by atoms with Gasteiger partial charge in [0, 0.05) is 31.9 Å². The molecular formula is C13H24N4O. The molecule has 102 valence electrons. The Labute approximate surface area is 109 Å². The molecule has 1 aliphatic rings. The summed E-state index contributed by atoms with van der Waals surface area (Å²) in [5.41, 5.74) is 0.984. The topological polar surface area (TPSA) is 63.0 Å². The van der Waals surface area contributed by atoms with Crippen LogP contribution in [0.4, 0.5) is 0 Å². The fourth-order valence-corrected chi connectivity index (χ4v) is 2.65. The van der Waals surface area contributed by atoms with Crippen LogP contribution in [0.5, 0.6) is 0 Å². The zero-order valence-electron chi connectivity index (χ0n) is 11.2. The second-order valence-corrected chi connectivity index (χ2v) is 5.26. The van der Waals surface area contributed by atoms with Crippen LogP contribution >= 0.6 is 0 Å². The maximum atomic E-state index is 8.76. The van der Waals surface area contributed by atoms with Gasteiger partial charge in [-0.2, -0.15) is 0 Å². The van der Waals surface area contributed by atoms with E-state index in [0.29, 0.717) is 6.04 Å². The van der Waals surface area contributed by atoms with Gasteiger partial charge in [0.1, 0.15) is 0 Å². The second-order valence-electron chi connectivity index (χ2n) is 5.26. The monoisotopic (exact) mass is 252 g/mol. The summed E-state index contributed by atoms with van der Waals surface area (Å²) in [5.74, 6) is 0.828. The van der Waals surface area contributed by atoms with Crippen LogP contribution in [0.25, 0.3) is 0 Å². The molecular weight excluding hydrogens is 228 g/mol. The molecule has 2 N–H and O–H groups in total. The van der Waals surface area contributed by atoms with Gasteiger partial charge in [0.15, 0.2) is 0 Å². The SMILES string of the molecule is CC(NCc1cn(CCCO)nn1)C1CCCC1. The molecule has 1 heterocycles. The maximum Gasteiger partial charge on any atom is 0.0964 e. The van der Waals surface area contributed by atoms with Crippen molar-refractivity contribution >= 4 is 0 Å². The van der Waals surface area contributed by atoms with Crippen molar-refractivity contribution in [3.63, 3.8) is 0 Å². The van der Waals surface area contributed by atoms with Crippen molar-refractivity contribution in [2.45, 2.75) is 58.2 Å². The van der Waals surface area contributed by atoms with E-state index in [-0.39, 0.29) is 6.61 Å². The summed E-state index contributed by atoms with van der Waals surface area (Å²) in [6.07, 6.45) is 8.18. The van der Waals surface area contributed by atoms with Crippen LogP contribution in [0.15, 0.2) is 6.20 Å². The highest BCUT2D eigenvalue weighted by Crippen LogP contribution is 2.27. The van der Waals surface area contributed by atoms with Crippen molar-refractivity contribution in [1.82, 2.24) is 20.3 Å². The van der Waals surface area contributed by atoms with Gasteiger partial charge in [-0.15, -0.1) is 5.10 Å². The Kier molecular flexibility index (Phi) is 5.13. The first-order chi connectivity index (χ1) is 8.79. The molecule has 0 radical (unpaired) electrons. The predicted octanol–water partition coefficient (Wildman–Crippen LogP) is 1.33. The Morgan fingerprint density at radius 3 is 3.00 bits per heavy atom. The highest BCUT2D eigenvalue weighted by atomic mass is 16.3. The van der Waals surface area contributed by atoms with Crippen LogP contribution in [0.3, 0.4) is 0 Å². The zero-order valence-corrected chi connectivity index (χ0v) is 11.2. The third-order valence-electron chi connectivity index (χ3n) is 3.84. The van der Waals surface area contributed by atoms with Crippen LogP contribution in [0.2, 0.25) is 0 Å². The standard InChI is InChI=1S/C13H24N4O/c1-11(12-5-2-3-6-12)14-9-13-10-17(16-15-13)7-4-8-18/h10-12,14,18H,2-9H2,1H3. The molecule has 0 aromatic carbocycles. The Morgan fingerprint density at radius 2 is 2.28 bits per heavy atom. The molecule has 1 saturated carbocycles. The number of rotatable bonds is 7. The van der Waals surface area contributed by atoms with E-state index in [1.807, 2.05) is 6.20 Å². The number of aliphatic hydroxyl groups excluding tert-OH is 1. The van der Waals surface area contributed by atoms with Crippen LogP contribution in [-0.4, -0.2) is 32.7 Å². The maximum absolute atomic E-state index is 8.76. The van der Waals surface area contributed by atoms with E-state index in [0.717, 1.165) is 31.1 Å². The number of hydrogen-bond donors (Lipinski definition) is 2. The van der Waals surface area contributed by atoms with Gasteiger partial charge in [-0.3, -0.25) is 4.68 Å². The third-order valence-corrected chi connectivity index (χ3v) is 3.84. The highest BCUT2D eigenvalue weighted by molar-refractivity contribution is 4.92. The summed E-state index contributed by atoms with van der Waals surface area (Å²) in [6, 6.07) is 0.565. The quantitative estimate of drug-likeness (QED) is 0.768. The van der Waals surface area contributed by atoms with E-state index in [2.05, 4.69) is 22.6 Å². The molecule has 1 aromatic rings. The summed E-state index contributed by atoms with van der Waals surface area (Å²) >= 11 is 0. The Balaban J connectivity index is 1.73. The molecule has 0 aliphatic heterocycles. The third kappa shape index (κ3) is 3.78. The molecule has 0 amide bonds. The Morgan fingerprint density at radius 1 is 1.50 bits per heavy atom. The van der Waals surface area contributed by atoms with Gasteiger partial charge in [0.2, 0.25) is 0 Å². The first kappa shape index (κ1) is 13.5. The van der Waals surface area contributed by atoms with Crippen molar-refractivity contribution in [2.75, 3.05) is 6.61 Å². The van der Waals surface area contributed by atoms with Gasteiger partial charge in [0.25, 0.3) is 0 Å². The number of nitrogens with one attached hydrogen (secondary N) is 1. The summed E-state index contributed by atoms with van der Waals surface area (Å²) < 4.78 is 1.80. The second kappa shape index (κ2) is 6.85. The normalized spacial score (nSPS) is 18.3. The van der Waals surface area contributed by atoms with Crippen LogP contribution in [0, 0.1) is 5.92 Å². The summed E-state index contributed by atoms with van der Waals surface area (Å²) in [7, 11) is 0. The van der Waals surface area contributed by atoms with E-state index in [1.54, 1.807) is 4.68 Å². The van der Waals surface area contributed by atoms with Crippen LogP contribution < -0.4 is 5.32 Å². The van der Waals surface area contributed by atoms with Crippen molar-refractivity contribution in [3.05, 3.63) is 11.9 Å². The van der Waals surface area contributed by atoms with Crippen LogP contribution in [-0.2, 0) is 13.1 Å². The molecule has 0 bridgehead atoms. The van der Waals surface area contributed by atoms with E-state index in [9.17, 15) is 0 Å². The lowest BCUT2D eigenvalue weighted by Gasteiger charge is -2.19. The fourth-order valence-electron chi connectivity index (χ4n) is 2.65. The Bertz CT molecular complexity index is 347. The van der Waals surface area contributed by atoms with E-state index in [1.165, 1.54) is 25.7 Å². The molecule has 1 aromatic heterocycles. The van der Waals surface area contributed by atoms with Gasteiger partial charge < -0.3 is 10.4 Å². The highest BCUT2D eigenvalue weighted by Gasteiger charge is 2.21. The number of aromatic nitrogens is 3. The van der Waals surface area contributed by atoms with Crippen molar-refractivity contribution in [3.8, 4) is 0 Å². The predicted molar refractivity (Wildman–Crippen MR) is 70.0 cm³/mol. The molecule has 2 rings (SSSR count). The van der Waals surface area contributed by atoms with Crippen molar-refractivity contribution < 1.29 is 5.11 Å². The number of aliphatic hydroxyl groups is 1. The first-order valence-electron chi connectivity index (χ1n) is 7.03. The average Bonchev–Trinajstić information content (AvgIpc) is 3.04. The molecule has 18 heavy (non-hydrogen) atoms. The van der Waals surface area contributed by atoms with E-state index in [4.69, 9.17) is 5.11 Å². The van der Waals surface area contributed by atoms with Crippen molar-refractivity contribution in [2.24, 2.45) is 5.92 Å². The van der Waals surface area contributed by atoms with Gasteiger partial charge in [0.05, 0.1) is 5.69 Å². The molecule has 0 saturated heterocycles. The molecule has 1 aliphatic carbocycles. The molecule has 5 heteroatoms. The average molecular weight is 252 g/mol. The molecule has 1 unspecified atom stereocenters. The van der Waals surface area contributed by atoms with Gasteiger partial charge in [-0.05, 0) is 32.1 Å². The summed E-state index contributed by atoms with van der Waals surface area (Å²) in [6.45, 7) is 4.00. The van der Waals surface area contributed by atoms with Gasteiger partial charge in [-0.1, -0.05) is 18.1 Å². The van der Waals surface area contributed by atoms with Gasteiger partial charge >= 0.3 is 0 Å². The lowest BCUT2D eigenvalue weighted by Crippen LogP contribution is -2.31. The zero-order chi connectivity index (χ0) is 12.8. The molecule has 0 spiro atoms. The number of nitrogens with zero attached hydrogens (tertiary/aromatic N) is 3. The molecule has 1 fully saturated rings. The summed E-state index contributed by atoms with van der Waals surface area (Å²) in [4.78, 5) is 0. The van der Waals surface area contributed by atoms with E-state index < -0.39 is 0 Å². The Hall–Kier alpha value is -0.940. The first-order valence-corrected chi connectivity index (χ1v) is 7.03. The van der Waals surface area contributed by atoms with Gasteiger partial charge in [-0.25, -0.2) is 0 Å². The lowest BCUT2D eigenvalue weighted by molar-refractivity contribution is 0.276. The minimum Gasteiger partial charge on any atom is -0.396 e. The van der Waals surface area contributed by atoms with Crippen molar-refractivity contribution in [1.29, 1.82) is 0 Å². The fraction of sp³-hybridized carbons (Fsp3) is 0.846. The van der Waals surface area contributed by atoms with Crippen LogP contribution in [0.1, 0.15) is 44.7 Å². The minimum absolute atomic E-state index is 0.201. The largest absolute Gasteiger partial charge is 0.396 e. The minimum atomic E-state index is 0.201. The summed E-state index contributed by atoms with van der Waals surface area (Å²) in [5, 5.41) is 20.5. The lowest BCUT2D eigenvalue weighted by atomic mass is 10.00. The smallest absolute Gasteiger partial charge is 0.0964 e. The van der Waals surface area contributed by atoms with E-state index >= 15 is 0 Å². The number of aryl methyl sites for hydroxylation is 1. The molecule has 5 nitrogen and oxygen atoms in total. The molecule has 1 atom stereocenters. The number of hydrogen-bond acceptors (Lipinski definition) is 4.